The van der Waals surface area contributed by atoms with Gasteiger partial charge in [0.2, 0.25) is 0 Å². The quantitative estimate of drug-likeness (QED) is 0.384. The second-order valence-electron chi connectivity index (χ2n) is 2.64. The fourth-order valence-electron chi connectivity index (χ4n) is 1.03. The number of nitrogens with one attached hydrogen (secondary N) is 1. The molecule has 0 radical (unpaired) electrons. The van der Waals surface area contributed by atoms with Crippen LogP contribution in [0.25, 0.3) is 0 Å². The van der Waals surface area contributed by atoms with Crippen molar-refractivity contribution < 1.29 is 4.92 Å². The maximum atomic E-state index is 10.0. The summed E-state index contributed by atoms with van der Waals surface area (Å²) < 4.78 is 0. The van der Waals surface area contributed by atoms with Crippen LogP contribution in [0.5, 0.6) is 0 Å². The van der Waals surface area contributed by atoms with Crippen molar-refractivity contribution in [2.75, 3.05) is 0 Å². The molecule has 0 saturated heterocycles. The van der Waals surface area contributed by atoms with Crippen molar-refractivity contribution in [3.63, 3.8) is 0 Å². The Balaban J connectivity index is 2.49. The SMILES string of the molecule is N/C(=C\[N+](=O)[O-])NC1=CCC=CC1. The van der Waals surface area contributed by atoms with Gasteiger partial charge in [-0.15, -0.1) is 0 Å². The molecule has 0 spiro atoms. The van der Waals surface area contributed by atoms with Gasteiger partial charge in [0.05, 0.1) is 4.92 Å². The van der Waals surface area contributed by atoms with E-state index < -0.39 is 4.92 Å². The van der Waals surface area contributed by atoms with Gasteiger partial charge in [0, 0.05) is 12.1 Å². The van der Waals surface area contributed by atoms with E-state index in [2.05, 4.69) is 5.32 Å². The predicted octanol–water partition coefficient (Wildman–Crippen LogP) is 0.844. The van der Waals surface area contributed by atoms with Crippen LogP contribution >= 0.6 is 0 Å². The zero-order valence-electron chi connectivity index (χ0n) is 7.06. The average molecular weight is 181 g/mol. The van der Waals surface area contributed by atoms with Crippen molar-refractivity contribution in [2.24, 2.45) is 5.73 Å². The van der Waals surface area contributed by atoms with Gasteiger partial charge in [0.25, 0.3) is 6.20 Å². The number of nitro groups is 1. The van der Waals surface area contributed by atoms with Crippen LogP contribution in [0.1, 0.15) is 12.8 Å². The number of nitrogens with zero attached hydrogens (tertiary/aromatic N) is 1. The molecule has 0 fully saturated rings. The molecule has 0 aromatic carbocycles. The van der Waals surface area contributed by atoms with Crippen LogP contribution in [0.2, 0.25) is 0 Å². The molecule has 0 bridgehead atoms. The molecule has 3 N–H and O–H groups in total. The molecule has 13 heavy (non-hydrogen) atoms. The highest BCUT2D eigenvalue weighted by Crippen LogP contribution is 2.07. The minimum Gasteiger partial charge on any atom is -0.380 e. The Kier molecular flexibility index (Phi) is 3.08. The van der Waals surface area contributed by atoms with Crippen molar-refractivity contribution in [1.82, 2.24) is 5.32 Å². The minimum atomic E-state index is -0.582. The monoisotopic (exact) mass is 181 g/mol. The van der Waals surface area contributed by atoms with Crippen molar-refractivity contribution >= 4 is 0 Å². The Labute approximate surface area is 75.8 Å². The van der Waals surface area contributed by atoms with Crippen LogP contribution in [0.4, 0.5) is 0 Å². The van der Waals surface area contributed by atoms with Gasteiger partial charge in [-0.25, -0.2) is 0 Å². The highest BCUT2D eigenvalue weighted by Gasteiger charge is 2.01. The van der Waals surface area contributed by atoms with Gasteiger partial charge in [-0.05, 0) is 6.42 Å². The van der Waals surface area contributed by atoms with Crippen molar-refractivity contribution in [3.05, 3.63) is 46.1 Å². The van der Waals surface area contributed by atoms with Crippen LogP contribution in [0.3, 0.4) is 0 Å². The first-order chi connectivity index (χ1) is 6.18. The molecule has 0 atom stereocenters. The topological polar surface area (TPSA) is 81.2 Å². The smallest absolute Gasteiger partial charge is 0.274 e. The lowest BCUT2D eigenvalue weighted by molar-refractivity contribution is -0.403. The number of hydrogen-bond acceptors (Lipinski definition) is 4. The molecule has 70 valence electrons. The van der Waals surface area contributed by atoms with E-state index in [4.69, 9.17) is 5.73 Å². The standard InChI is InChI=1S/C8H11N3O2/c9-8(6-11(12)13)10-7-4-2-1-3-5-7/h1-2,5-6,10H,3-4,9H2/b8-6+. The van der Waals surface area contributed by atoms with E-state index in [1.165, 1.54) is 0 Å². The second-order valence-corrected chi connectivity index (χ2v) is 2.64. The molecule has 0 heterocycles. The summed E-state index contributed by atoms with van der Waals surface area (Å²) in [6, 6.07) is 0. The Bertz CT molecular complexity index is 292. The molecule has 1 aliphatic carbocycles. The van der Waals surface area contributed by atoms with E-state index in [-0.39, 0.29) is 5.82 Å². The number of rotatable bonds is 3. The number of allylic oxidation sites excluding steroid dienone is 3. The normalized spacial score (nSPS) is 16.6. The number of hydrogen-bond donors (Lipinski definition) is 2. The Morgan fingerprint density at radius 2 is 2.46 bits per heavy atom. The molecule has 5 nitrogen and oxygen atoms in total. The van der Waals surface area contributed by atoms with Gasteiger partial charge in [-0.2, -0.15) is 0 Å². The number of nitrogens with two attached hydrogens (primary N) is 1. The van der Waals surface area contributed by atoms with Crippen molar-refractivity contribution in [2.45, 2.75) is 12.8 Å². The van der Waals surface area contributed by atoms with Gasteiger partial charge in [0.15, 0.2) is 5.82 Å². The molecule has 5 heteroatoms. The Morgan fingerprint density at radius 3 is 3.00 bits per heavy atom. The van der Waals surface area contributed by atoms with Crippen molar-refractivity contribution in [3.8, 4) is 0 Å². The zero-order valence-corrected chi connectivity index (χ0v) is 7.06. The fraction of sp³-hybridized carbons (Fsp3) is 0.250. The van der Waals surface area contributed by atoms with E-state index in [0.29, 0.717) is 0 Å². The van der Waals surface area contributed by atoms with E-state index in [1.54, 1.807) is 0 Å². The van der Waals surface area contributed by atoms with Gasteiger partial charge in [-0.1, -0.05) is 18.2 Å². The van der Waals surface area contributed by atoms with Gasteiger partial charge < -0.3 is 11.1 Å². The van der Waals surface area contributed by atoms with Gasteiger partial charge in [-0.3, -0.25) is 10.1 Å². The minimum absolute atomic E-state index is 0.0616. The molecule has 0 saturated carbocycles. The zero-order chi connectivity index (χ0) is 9.68. The van der Waals surface area contributed by atoms with E-state index in [1.807, 2.05) is 18.2 Å². The lowest BCUT2D eigenvalue weighted by Gasteiger charge is -2.09. The summed E-state index contributed by atoms with van der Waals surface area (Å²) in [6.45, 7) is 0. The average Bonchev–Trinajstić information content (AvgIpc) is 2.04. The molecule has 0 aliphatic heterocycles. The van der Waals surface area contributed by atoms with Crippen LogP contribution in [0, 0.1) is 10.1 Å². The lowest BCUT2D eigenvalue weighted by atomic mass is 10.1. The first-order valence-corrected chi connectivity index (χ1v) is 3.90. The lowest BCUT2D eigenvalue weighted by Crippen LogP contribution is -2.20. The summed E-state index contributed by atoms with van der Waals surface area (Å²) >= 11 is 0. The third-order valence-corrected chi connectivity index (χ3v) is 1.55. The highest BCUT2D eigenvalue weighted by atomic mass is 16.6. The summed E-state index contributed by atoms with van der Waals surface area (Å²) in [5.74, 6) is 0.0616. The van der Waals surface area contributed by atoms with Gasteiger partial charge in [0.1, 0.15) is 0 Å². The predicted molar refractivity (Wildman–Crippen MR) is 48.9 cm³/mol. The van der Waals surface area contributed by atoms with E-state index >= 15 is 0 Å². The Morgan fingerprint density at radius 1 is 1.69 bits per heavy atom. The van der Waals surface area contributed by atoms with Gasteiger partial charge >= 0.3 is 0 Å². The fourth-order valence-corrected chi connectivity index (χ4v) is 1.03. The van der Waals surface area contributed by atoms with Crippen LogP contribution in [0.15, 0.2) is 35.9 Å². The van der Waals surface area contributed by atoms with Crippen LogP contribution in [-0.2, 0) is 0 Å². The van der Waals surface area contributed by atoms with Crippen LogP contribution in [-0.4, -0.2) is 4.92 Å². The summed E-state index contributed by atoms with van der Waals surface area (Å²) in [6.07, 6.45) is 8.29. The molecular formula is C8H11N3O2. The maximum Gasteiger partial charge on any atom is 0.274 e. The molecular weight excluding hydrogens is 170 g/mol. The Hall–Kier alpha value is -1.78. The second kappa shape index (κ2) is 4.30. The summed E-state index contributed by atoms with van der Waals surface area (Å²) in [4.78, 5) is 9.45. The summed E-state index contributed by atoms with van der Waals surface area (Å²) in [5, 5.41) is 12.8. The molecule has 0 amide bonds. The summed E-state index contributed by atoms with van der Waals surface area (Å²) in [5.41, 5.74) is 6.25. The maximum absolute atomic E-state index is 10.0. The first kappa shape index (κ1) is 9.31. The highest BCUT2D eigenvalue weighted by molar-refractivity contribution is 5.16. The van der Waals surface area contributed by atoms with E-state index in [0.717, 1.165) is 24.7 Å². The third-order valence-electron chi connectivity index (χ3n) is 1.55. The van der Waals surface area contributed by atoms with Crippen LogP contribution < -0.4 is 11.1 Å². The van der Waals surface area contributed by atoms with E-state index in [9.17, 15) is 10.1 Å². The van der Waals surface area contributed by atoms with Crippen molar-refractivity contribution in [1.29, 1.82) is 0 Å². The molecule has 0 aromatic heterocycles. The molecule has 0 unspecified atom stereocenters. The third kappa shape index (κ3) is 3.42. The molecule has 1 aliphatic rings. The first-order valence-electron chi connectivity index (χ1n) is 3.90. The molecule has 0 aromatic rings. The molecule has 1 rings (SSSR count). The largest absolute Gasteiger partial charge is 0.380 e. The summed E-state index contributed by atoms with van der Waals surface area (Å²) in [7, 11) is 0.